The van der Waals surface area contributed by atoms with Crippen molar-refractivity contribution < 1.29 is 0 Å². The normalized spacial score (nSPS) is 15.4. The van der Waals surface area contributed by atoms with Crippen LogP contribution in [-0.4, -0.2) is 0 Å². The quantitative estimate of drug-likeness (QED) is 0.541. The van der Waals surface area contributed by atoms with Gasteiger partial charge in [0.1, 0.15) is 0 Å². The van der Waals surface area contributed by atoms with Gasteiger partial charge in [0.05, 0.1) is 0 Å². The van der Waals surface area contributed by atoms with E-state index in [1.54, 1.807) is 0 Å². The summed E-state index contributed by atoms with van der Waals surface area (Å²) in [5.74, 6) is 0. The predicted octanol–water partition coefficient (Wildman–Crippen LogP) is 3.20. The van der Waals surface area contributed by atoms with Gasteiger partial charge in [-0.25, -0.2) is 0 Å². The first-order chi connectivity index (χ1) is 5.77. The lowest BCUT2D eigenvalue weighted by Gasteiger charge is -2.15. The molecule has 60 valence electrons. The molecular formula is C12H12. The third-order valence-corrected chi connectivity index (χ3v) is 2.39. The van der Waals surface area contributed by atoms with E-state index in [-0.39, 0.29) is 0 Å². The summed E-state index contributed by atoms with van der Waals surface area (Å²) >= 11 is 0. The number of benzene rings is 1. The van der Waals surface area contributed by atoms with Crippen molar-refractivity contribution in [3.63, 3.8) is 0 Å². The van der Waals surface area contributed by atoms with E-state index in [4.69, 9.17) is 0 Å². The third-order valence-electron chi connectivity index (χ3n) is 2.39. The van der Waals surface area contributed by atoms with Gasteiger partial charge in [-0.3, -0.25) is 0 Å². The number of fused-ring (bicyclic) bond motifs is 1. The lowest BCUT2D eigenvalue weighted by atomic mass is 9.90. The lowest BCUT2D eigenvalue weighted by molar-refractivity contribution is 1.13. The largest absolute Gasteiger partial charge is 0.0952 e. The first-order valence-electron chi connectivity index (χ1n) is 4.22. The van der Waals surface area contributed by atoms with Crippen LogP contribution in [-0.2, 0) is 6.42 Å². The smallest absolute Gasteiger partial charge is 0.00231 e. The zero-order valence-corrected chi connectivity index (χ0v) is 7.30. The summed E-state index contributed by atoms with van der Waals surface area (Å²) in [6.45, 7) is 6.15. The van der Waals surface area contributed by atoms with Crippen LogP contribution in [0.15, 0.2) is 42.0 Å². The van der Waals surface area contributed by atoms with E-state index in [0.717, 1.165) is 6.42 Å². The van der Waals surface area contributed by atoms with Gasteiger partial charge < -0.3 is 0 Å². The highest BCUT2D eigenvalue weighted by Crippen LogP contribution is 2.25. The molecular weight excluding hydrogens is 144 g/mol. The standard InChI is InChI=1S/C12H12/c1-9-7-11-5-3-4-6-12(11)8-10(9)2/h3-6,8H,1,7H2,2H3. The van der Waals surface area contributed by atoms with Crippen LogP contribution in [0.25, 0.3) is 6.08 Å². The fourth-order valence-electron chi connectivity index (χ4n) is 1.54. The molecule has 0 radical (unpaired) electrons. The molecule has 0 amide bonds. The molecule has 0 bridgehead atoms. The van der Waals surface area contributed by atoms with Crippen molar-refractivity contribution in [3.05, 3.63) is 53.1 Å². The maximum atomic E-state index is 4.03. The molecule has 0 N–H and O–H groups in total. The van der Waals surface area contributed by atoms with Crippen molar-refractivity contribution in [1.29, 1.82) is 0 Å². The second-order valence-electron chi connectivity index (χ2n) is 3.31. The van der Waals surface area contributed by atoms with Crippen molar-refractivity contribution in [3.8, 4) is 0 Å². The molecule has 1 aliphatic rings. The summed E-state index contributed by atoms with van der Waals surface area (Å²) in [5, 5.41) is 0. The molecule has 0 spiro atoms. The number of allylic oxidation sites excluding steroid dienone is 2. The predicted molar refractivity (Wildman–Crippen MR) is 52.9 cm³/mol. The Labute approximate surface area is 73.2 Å². The van der Waals surface area contributed by atoms with Crippen LogP contribution < -0.4 is 0 Å². The Morgan fingerprint density at radius 3 is 2.83 bits per heavy atom. The monoisotopic (exact) mass is 156 g/mol. The van der Waals surface area contributed by atoms with Gasteiger partial charge in [-0.2, -0.15) is 0 Å². The Kier molecular flexibility index (Phi) is 1.61. The summed E-state index contributed by atoms with van der Waals surface area (Å²) in [6.07, 6.45) is 3.22. The van der Waals surface area contributed by atoms with Gasteiger partial charge >= 0.3 is 0 Å². The molecule has 0 aromatic heterocycles. The average molecular weight is 156 g/mol. The molecule has 0 fully saturated rings. The van der Waals surface area contributed by atoms with Crippen molar-refractivity contribution in [2.45, 2.75) is 13.3 Å². The van der Waals surface area contributed by atoms with E-state index in [1.807, 2.05) is 0 Å². The van der Waals surface area contributed by atoms with Gasteiger partial charge in [0.25, 0.3) is 0 Å². The molecule has 2 rings (SSSR count). The van der Waals surface area contributed by atoms with Crippen LogP contribution in [0.2, 0.25) is 0 Å². The highest BCUT2D eigenvalue weighted by molar-refractivity contribution is 5.65. The lowest BCUT2D eigenvalue weighted by Crippen LogP contribution is -1.99. The summed E-state index contributed by atoms with van der Waals surface area (Å²) < 4.78 is 0. The molecule has 0 unspecified atom stereocenters. The molecule has 12 heavy (non-hydrogen) atoms. The van der Waals surface area contributed by atoms with E-state index in [0.29, 0.717) is 0 Å². The number of hydrogen-bond acceptors (Lipinski definition) is 0. The molecule has 0 saturated heterocycles. The van der Waals surface area contributed by atoms with E-state index >= 15 is 0 Å². The average Bonchev–Trinajstić information content (AvgIpc) is 2.07. The third kappa shape index (κ3) is 1.10. The molecule has 0 aliphatic heterocycles. The summed E-state index contributed by atoms with van der Waals surface area (Å²) in [6, 6.07) is 8.49. The summed E-state index contributed by atoms with van der Waals surface area (Å²) in [7, 11) is 0. The van der Waals surface area contributed by atoms with Crippen LogP contribution in [0.5, 0.6) is 0 Å². The zero-order chi connectivity index (χ0) is 8.55. The van der Waals surface area contributed by atoms with Crippen molar-refractivity contribution in [2.24, 2.45) is 0 Å². The maximum absolute atomic E-state index is 4.03. The van der Waals surface area contributed by atoms with Gasteiger partial charge in [0, 0.05) is 0 Å². The molecule has 0 nitrogen and oxygen atoms in total. The fraction of sp³-hybridized carbons (Fsp3) is 0.167. The van der Waals surface area contributed by atoms with Crippen LogP contribution in [0.4, 0.5) is 0 Å². The Morgan fingerprint density at radius 1 is 1.25 bits per heavy atom. The first kappa shape index (κ1) is 7.35. The minimum atomic E-state index is 1.01. The SMILES string of the molecule is C=C1Cc2ccccc2C=C1C. The van der Waals surface area contributed by atoms with Crippen LogP contribution in [0.3, 0.4) is 0 Å². The van der Waals surface area contributed by atoms with Gasteiger partial charge in [0.2, 0.25) is 0 Å². The van der Waals surface area contributed by atoms with E-state index in [1.165, 1.54) is 22.3 Å². The number of hydrogen-bond donors (Lipinski definition) is 0. The van der Waals surface area contributed by atoms with Gasteiger partial charge in [-0.1, -0.05) is 36.9 Å². The van der Waals surface area contributed by atoms with Gasteiger partial charge in [-0.05, 0) is 35.6 Å². The minimum absolute atomic E-state index is 1.01. The highest BCUT2D eigenvalue weighted by Gasteiger charge is 2.08. The van der Waals surface area contributed by atoms with E-state index in [2.05, 4.69) is 43.8 Å². The van der Waals surface area contributed by atoms with Gasteiger partial charge in [0.15, 0.2) is 0 Å². The maximum Gasteiger partial charge on any atom is -0.00231 e. The Morgan fingerprint density at radius 2 is 2.00 bits per heavy atom. The molecule has 1 aliphatic carbocycles. The van der Waals surface area contributed by atoms with Crippen LogP contribution in [0.1, 0.15) is 18.1 Å². The molecule has 0 saturated carbocycles. The van der Waals surface area contributed by atoms with Crippen LogP contribution in [0, 0.1) is 0 Å². The topological polar surface area (TPSA) is 0 Å². The Balaban J connectivity index is 2.56. The number of rotatable bonds is 0. The minimum Gasteiger partial charge on any atom is -0.0952 e. The Hall–Kier alpha value is -1.30. The van der Waals surface area contributed by atoms with Crippen molar-refractivity contribution in [1.82, 2.24) is 0 Å². The molecule has 1 aromatic rings. The molecule has 0 heterocycles. The second-order valence-corrected chi connectivity index (χ2v) is 3.31. The zero-order valence-electron chi connectivity index (χ0n) is 7.30. The molecule has 0 heteroatoms. The second kappa shape index (κ2) is 2.63. The van der Waals surface area contributed by atoms with Gasteiger partial charge in [-0.15, -0.1) is 0 Å². The first-order valence-corrected chi connectivity index (χ1v) is 4.22. The van der Waals surface area contributed by atoms with Crippen molar-refractivity contribution >= 4 is 6.08 Å². The highest BCUT2D eigenvalue weighted by atomic mass is 14.1. The van der Waals surface area contributed by atoms with E-state index < -0.39 is 0 Å². The van der Waals surface area contributed by atoms with Crippen molar-refractivity contribution in [2.75, 3.05) is 0 Å². The molecule has 0 atom stereocenters. The van der Waals surface area contributed by atoms with Crippen LogP contribution >= 0.6 is 0 Å². The van der Waals surface area contributed by atoms with E-state index in [9.17, 15) is 0 Å². The molecule has 1 aromatic carbocycles. The summed E-state index contributed by atoms with van der Waals surface area (Å²) in [4.78, 5) is 0. The fourth-order valence-corrected chi connectivity index (χ4v) is 1.54. The summed E-state index contributed by atoms with van der Waals surface area (Å²) in [5.41, 5.74) is 5.30. The Bertz CT molecular complexity index is 356.